The van der Waals surface area contributed by atoms with Crippen LogP contribution in [-0.2, 0) is 14.4 Å². The van der Waals surface area contributed by atoms with Gasteiger partial charge in [0, 0.05) is 6.42 Å². The van der Waals surface area contributed by atoms with Gasteiger partial charge < -0.3 is 0 Å². The maximum Gasteiger partial charge on any atom is 0.173 e. The van der Waals surface area contributed by atoms with Gasteiger partial charge in [0.05, 0.1) is 5.38 Å². The summed E-state index contributed by atoms with van der Waals surface area (Å²) in [6, 6.07) is 9.23. The summed E-state index contributed by atoms with van der Waals surface area (Å²) in [5.74, 6) is -2.57. The molecule has 1 aromatic carbocycles. The van der Waals surface area contributed by atoms with Crippen molar-refractivity contribution in [2.24, 2.45) is 11.3 Å². The molecule has 3 nitrogen and oxygen atoms in total. The standard InChI is InChI=1S/C17H17ClO3/c1-17(2)10-13(20)14(15(21)16(17)18)12(19)9-8-11-6-4-3-5-7-11/h3-9,14,16H,10H2,1-2H3. The van der Waals surface area contributed by atoms with Crippen molar-refractivity contribution in [3.8, 4) is 0 Å². The third kappa shape index (κ3) is 3.30. The first-order valence-corrected chi connectivity index (χ1v) is 7.24. The Balaban J connectivity index is 2.18. The lowest BCUT2D eigenvalue weighted by atomic mass is 9.70. The summed E-state index contributed by atoms with van der Waals surface area (Å²) in [6.45, 7) is 3.53. The van der Waals surface area contributed by atoms with Crippen molar-refractivity contribution in [3.05, 3.63) is 42.0 Å². The molecule has 0 saturated heterocycles. The Labute approximate surface area is 129 Å². The Hall–Kier alpha value is -1.74. The molecule has 2 unspecified atom stereocenters. The van der Waals surface area contributed by atoms with E-state index in [1.54, 1.807) is 19.9 Å². The first kappa shape index (κ1) is 15.6. The maximum absolute atomic E-state index is 12.2. The van der Waals surface area contributed by atoms with Crippen molar-refractivity contribution in [2.75, 3.05) is 0 Å². The predicted molar refractivity (Wildman–Crippen MR) is 82.0 cm³/mol. The first-order valence-electron chi connectivity index (χ1n) is 6.80. The van der Waals surface area contributed by atoms with E-state index in [1.807, 2.05) is 30.3 Å². The van der Waals surface area contributed by atoms with Crippen LogP contribution in [0.25, 0.3) is 6.08 Å². The van der Waals surface area contributed by atoms with E-state index in [0.717, 1.165) is 5.56 Å². The molecule has 0 spiro atoms. The number of carbonyl (C=O) groups excluding carboxylic acids is 3. The predicted octanol–water partition coefficient (Wildman–Crippen LogP) is 3.06. The van der Waals surface area contributed by atoms with Gasteiger partial charge in [0.15, 0.2) is 17.3 Å². The topological polar surface area (TPSA) is 51.2 Å². The third-order valence-electron chi connectivity index (χ3n) is 3.70. The summed E-state index contributed by atoms with van der Waals surface area (Å²) in [5, 5.41) is -0.811. The monoisotopic (exact) mass is 304 g/mol. The van der Waals surface area contributed by atoms with Crippen LogP contribution < -0.4 is 0 Å². The molecule has 1 saturated carbocycles. The molecule has 0 aliphatic heterocycles. The van der Waals surface area contributed by atoms with Gasteiger partial charge in [-0.3, -0.25) is 14.4 Å². The Morgan fingerprint density at radius 2 is 1.86 bits per heavy atom. The summed E-state index contributed by atoms with van der Waals surface area (Å²) < 4.78 is 0. The van der Waals surface area contributed by atoms with Crippen LogP contribution in [0.1, 0.15) is 25.8 Å². The molecule has 1 aliphatic carbocycles. The average molecular weight is 305 g/mol. The number of hydrogen-bond donors (Lipinski definition) is 0. The van der Waals surface area contributed by atoms with Gasteiger partial charge in [-0.1, -0.05) is 50.3 Å². The van der Waals surface area contributed by atoms with E-state index in [0.29, 0.717) is 0 Å². The van der Waals surface area contributed by atoms with Crippen LogP contribution in [0.5, 0.6) is 0 Å². The van der Waals surface area contributed by atoms with Crippen molar-refractivity contribution in [3.63, 3.8) is 0 Å². The minimum absolute atomic E-state index is 0.141. The molecule has 2 rings (SSSR count). The van der Waals surface area contributed by atoms with Gasteiger partial charge in [0.2, 0.25) is 0 Å². The van der Waals surface area contributed by atoms with Crippen LogP contribution >= 0.6 is 11.6 Å². The van der Waals surface area contributed by atoms with Crippen LogP contribution in [0.3, 0.4) is 0 Å². The lowest BCUT2D eigenvalue weighted by Gasteiger charge is -2.35. The molecule has 21 heavy (non-hydrogen) atoms. The van der Waals surface area contributed by atoms with Gasteiger partial charge in [-0.2, -0.15) is 0 Å². The smallest absolute Gasteiger partial charge is 0.173 e. The average Bonchev–Trinajstić information content (AvgIpc) is 2.43. The molecule has 0 radical (unpaired) electrons. The quantitative estimate of drug-likeness (QED) is 0.490. The number of rotatable bonds is 3. The highest BCUT2D eigenvalue weighted by Crippen LogP contribution is 2.38. The van der Waals surface area contributed by atoms with E-state index in [-0.39, 0.29) is 12.2 Å². The van der Waals surface area contributed by atoms with E-state index in [4.69, 9.17) is 11.6 Å². The molecule has 4 heteroatoms. The summed E-state index contributed by atoms with van der Waals surface area (Å²) in [4.78, 5) is 36.4. The lowest BCUT2D eigenvalue weighted by molar-refractivity contribution is -0.143. The Morgan fingerprint density at radius 3 is 2.48 bits per heavy atom. The number of ketones is 3. The van der Waals surface area contributed by atoms with E-state index < -0.39 is 28.3 Å². The minimum Gasteiger partial charge on any atom is -0.298 e. The Bertz CT molecular complexity index is 602. The summed E-state index contributed by atoms with van der Waals surface area (Å²) in [6.07, 6.45) is 3.03. The van der Waals surface area contributed by atoms with Crippen molar-refractivity contribution < 1.29 is 14.4 Å². The molecule has 1 aliphatic rings. The van der Waals surface area contributed by atoms with Gasteiger partial charge in [-0.15, -0.1) is 11.6 Å². The van der Waals surface area contributed by atoms with Crippen LogP contribution in [0.2, 0.25) is 0 Å². The second-order valence-electron chi connectivity index (χ2n) is 5.98. The molecule has 0 bridgehead atoms. The molecule has 2 atom stereocenters. The SMILES string of the molecule is CC1(C)CC(=O)C(C(=O)C=Cc2ccccc2)C(=O)C1Cl. The largest absolute Gasteiger partial charge is 0.298 e. The highest BCUT2D eigenvalue weighted by atomic mass is 35.5. The summed E-state index contributed by atoms with van der Waals surface area (Å²) in [7, 11) is 0. The molecular formula is C17H17ClO3. The molecule has 1 fully saturated rings. The maximum atomic E-state index is 12.2. The molecule has 1 aromatic rings. The molecule has 0 aromatic heterocycles. The Morgan fingerprint density at radius 1 is 1.24 bits per heavy atom. The van der Waals surface area contributed by atoms with Crippen LogP contribution in [0, 0.1) is 11.3 Å². The Kier molecular flexibility index (Phi) is 4.43. The van der Waals surface area contributed by atoms with E-state index in [2.05, 4.69) is 0 Å². The summed E-state index contributed by atoms with van der Waals surface area (Å²) >= 11 is 6.10. The first-order chi connectivity index (χ1) is 9.83. The summed E-state index contributed by atoms with van der Waals surface area (Å²) in [5.41, 5.74) is 0.236. The number of hydrogen-bond acceptors (Lipinski definition) is 3. The van der Waals surface area contributed by atoms with Crippen molar-refractivity contribution in [1.29, 1.82) is 0 Å². The van der Waals surface area contributed by atoms with Gasteiger partial charge >= 0.3 is 0 Å². The van der Waals surface area contributed by atoms with Gasteiger partial charge in [-0.05, 0) is 17.1 Å². The number of benzene rings is 1. The van der Waals surface area contributed by atoms with Crippen LogP contribution in [-0.4, -0.2) is 22.7 Å². The minimum atomic E-state index is -1.25. The fourth-order valence-electron chi connectivity index (χ4n) is 2.47. The fraction of sp³-hybridized carbons (Fsp3) is 0.353. The van der Waals surface area contributed by atoms with Gasteiger partial charge in [0.1, 0.15) is 5.92 Å². The van der Waals surface area contributed by atoms with Crippen LogP contribution in [0.4, 0.5) is 0 Å². The number of alkyl halides is 1. The molecule has 0 amide bonds. The number of Topliss-reactive ketones (excluding diaryl/α,β-unsaturated/α-hetero) is 2. The molecule has 0 heterocycles. The number of halogens is 1. The van der Waals surface area contributed by atoms with Crippen molar-refractivity contribution in [1.82, 2.24) is 0 Å². The second kappa shape index (κ2) is 5.94. The zero-order valence-electron chi connectivity index (χ0n) is 12.0. The number of carbonyl (C=O) groups is 3. The lowest BCUT2D eigenvalue weighted by Crippen LogP contribution is -2.49. The second-order valence-corrected chi connectivity index (χ2v) is 6.41. The normalized spacial score (nSPS) is 25.3. The van der Waals surface area contributed by atoms with Crippen LogP contribution in [0.15, 0.2) is 36.4 Å². The van der Waals surface area contributed by atoms with Crippen molar-refractivity contribution in [2.45, 2.75) is 25.6 Å². The third-order valence-corrected chi connectivity index (χ3v) is 4.50. The molecular weight excluding hydrogens is 288 g/mol. The van der Waals surface area contributed by atoms with E-state index in [1.165, 1.54) is 6.08 Å². The molecule has 0 N–H and O–H groups in total. The zero-order chi connectivity index (χ0) is 15.6. The molecule has 110 valence electrons. The highest BCUT2D eigenvalue weighted by Gasteiger charge is 2.48. The zero-order valence-corrected chi connectivity index (χ0v) is 12.8. The van der Waals surface area contributed by atoms with Gasteiger partial charge in [-0.25, -0.2) is 0 Å². The van der Waals surface area contributed by atoms with Gasteiger partial charge in [0.25, 0.3) is 0 Å². The van der Waals surface area contributed by atoms with Crippen molar-refractivity contribution >= 4 is 35.0 Å². The highest BCUT2D eigenvalue weighted by molar-refractivity contribution is 6.39. The van der Waals surface area contributed by atoms with E-state index >= 15 is 0 Å². The number of allylic oxidation sites excluding steroid dienone is 1. The fourth-order valence-corrected chi connectivity index (χ4v) is 2.67. The van der Waals surface area contributed by atoms with E-state index in [9.17, 15) is 14.4 Å².